The topological polar surface area (TPSA) is 9.23 Å². The Labute approximate surface area is 66.5 Å². The molecule has 73 valence electrons. The summed E-state index contributed by atoms with van der Waals surface area (Å²) in [5.41, 5.74) is 0. The van der Waals surface area contributed by atoms with Crippen LogP contribution in [0, 0.1) is 6.92 Å². The van der Waals surface area contributed by atoms with Crippen LogP contribution < -0.4 is 0 Å². The van der Waals surface area contributed by atoms with E-state index >= 15 is 0 Å². The Morgan fingerprint density at radius 1 is 1.08 bits per heavy atom. The van der Waals surface area contributed by atoms with Gasteiger partial charge in [0.1, 0.15) is 6.61 Å². The third-order valence-electron chi connectivity index (χ3n) is 0.987. The Balaban J connectivity index is 3.88. The molecule has 0 atom stereocenters. The molecule has 0 aromatic rings. The van der Waals surface area contributed by atoms with Crippen LogP contribution in [0.5, 0.6) is 0 Å². The summed E-state index contributed by atoms with van der Waals surface area (Å²) in [4.78, 5) is 0. The highest BCUT2D eigenvalue weighted by atomic mass is 19.4. The molecule has 0 fully saturated rings. The van der Waals surface area contributed by atoms with Gasteiger partial charge in [-0.2, -0.15) is 22.0 Å². The maximum Gasteiger partial charge on any atom is 0.455 e. The summed E-state index contributed by atoms with van der Waals surface area (Å²) in [5, 5.41) is 0. The van der Waals surface area contributed by atoms with Crippen molar-refractivity contribution in [2.24, 2.45) is 0 Å². The van der Waals surface area contributed by atoms with Crippen molar-refractivity contribution >= 4 is 0 Å². The first-order chi connectivity index (χ1) is 5.31. The summed E-state index contributed by atoms with van der Waals surface area (Å²) >= 11 is 0. The molecule has 0 aliphatic carbocycles. The highest BCUT2D eigenvalue weighted by molar-refractivity contribution is 4.74. The fourth-order valence-electron chi connectivity index (χ4n) is 0.384. The van der Waals surface area contributed by atoms with Crippen LogP contribution in [0.1, 0.15) is 6.42 Å². The van der Waals surface area contributed by atoms with Crippen molar-refractivity contribution in [1.29, 1.82) is 0 Å². The summed E-state index contributed by atoms with van der Waals surface area (Å²) in [7, 11) is 0. The summed E-state index contributed by atoms with van der Waals surface area (Å²) in [6, 6.07) is 0. The predicted molar refractivity (Wildman–Crippen MR) is 31.8 cm³/mol. The number of alkyl halides is 5. The Bertz CT molecular complexity index is 130. The molecule has 0 aromatic heterocycles. The normalized spacial score (nSPS) is 13.5. The average Bonchev–Trinajstić information content (AvgIpc) is 1.85. The second kappa shape index (κ2) is 4.02. The average molecular weight is 191 g/mol. The highest BCUT2D eigenvalue weighted by Gasteiger charge is 2.57. The van der Waals surface area contributed by atoms with E-state index in [1.807, 2.05) is 0 Å². The van der Waals surface area contributed by atoms with Gasteiger partial charge < -0.3 is 4.74 Å². The number of hydrogen-bond donors (Lipinski definition) is 0. The molecule has 0 aliphatic heterocycles. The van der Waals surface area contributed by atoms with Crippen molar-refractivity contribution in [3.63, 3.8) is 0 Å². The molecular weight excluding hydrogens is 183 g/mol. The molecule has 0 heterocycles. The number of halogens is 5. The van der Waals surface area contributed by atoms with E-state index in [0.29, 0.717) is 0 Å². The molecule has 1 radical (unpaired) electrons. The predicted octanol–water partition coefficient (Wildman–Crippen LogP) is 2.42. The number of ether oxygens (including phenoxy) is 1. The van der Waals surface area contributed by atoms with E-state index in [0.717, 1.165) is 0 Å². The highest BCUT2D eigenvalue weighted by Crippen LogP contribution is 2.35. The van der Waals surface area contributed by atoms with Gasteiger partial charge in [0.25, 0.3) is 0 Å². The van der Waals surface area contributed by atoms with E-state index in [9.17, 15) is 22.0 Å². The molecule has 0 rings (SSSR count). The quantitative estimate of drug-likeness (QED) is 0.489. The Kier molecular flexibility index (Phi) is 3.89. The third-order valence-corrected chi connectivity index (χ3v) is 0.987. The van der Waals surface area contributed by atoms with Crippen molar-refractivity contribution in [2.75, 3.05) is 13.2 Å². The first kappa shape index (κ1) is 11.6. The SMILES string of the molecule is [CH2]CCOCC(F)(F)C(F)(F)F. The van der Waals surface area contributed by atoms with Crippen LogP contribution in [0.2, 0.25) is 0 Å². The summed E-state index contributed by atoms with van der Waals surface area (Å²) in [6.07, 6.45) is -5.37. The van der Waals surface area contributed by atoms with Gasteiger partial charge in [-0.25, -0.2) is 0 Å². The molecule has 0 unspecified atom stereocenters. The van der Waals surface area contributed by atoms with Gasteiger partial charge in [0.2, 0.25) is 0 Å². The van der Waals surface area contributed by atoms with Gasteiger partial charge in [-0.05, 0) is 6.42 Å². The van der Waals surface area contributed by atoms with Crippen LogP contribution in [0.15, 0.2) is 0 Å². The van der Waals surface area contributed by atoms with Crippen molar-refractivity contribution < 1.29 is 26.7 Å². The maximum atomic E-state index is 12.0. The second-order valence-corrected chi connectivity index (χ2v) is 2.11. The van der Waals surface area contributed by atoms with Gasteiger partial charge in [-0.1, -0.05) is 6.92 Å². The minimum absolute atomic E-state index is 0.161. The molecule has 0 spiro atoms. The van der Waals surface area contributed by atoms with E-state index in [2.05, 4.69) is 11.7 Å². The molecule has 0 aromatic carbocycles. The van der Waals surface area contributed by atoms with E-state index in [1.54, 1.807) is 0 Å². The number of hydrogen-bond acceptors (Lipinski definition) is 1. The Hall–Kier alpha value is -0.390. The van der Waals surface area contributed by atoms with Crippen molar-refractivity contribution in [2.45, 2.75) is 18.5 Å². The molecule has 0 N–H and O–H groups in total. The van der Waals surface area contributed by atoms with E-state index in [1.165, 1.54) is 0 Å². The molecule has 0 amide bonds. The summed E-state index contributed by atoms with van der Waals surface area (Å²) in [6.45, 7) is 1.38. The maximum absolute atomic E-state index is 12.0. The van der Waals surface area contributed by atoms with E-state index in [4.69, 9.17) is 0 Å². The minimum Gasteiger partial charge on any atom is -0.375 e. The minimum atomic E-state index is -5.53. The van der Waals surface area contributed by atoms with E-state index < -0.39 is 18.7 Å². The lowest BCUT2D eigenvalue weighted by molar-refractivity contribution is -0.296. The monoisotopic (exact) mass is 191 g/mol. The zero-order chi connectivity index (χ0) is 9.83. The molecule has 1 nitrogen and oxygen atoms in total. The number of rotatable bonds is 4. The van der Waals surface area contributed by atoms with Crippen LogP contribution in [0.4, 0.5) is 22.0 Å². The Morgan fingerprint density at radius 2 is 1.58 bits per heavy atom. The molecule has 12 heavy (non-hydrogen) atoms. The van der Waals surface area contributed by atoms with Crippen LogP contribution >= 0.6 is 0 Å². The first-order valence-electron chi connectivity index (χ1n) is 3.13. The molecule has 0 bridgehead atoms. The largest absolute Gasteiger partial charge is 0.455 e. The zero-order valence-electron chi connectivity index (χ0n) is 6.13. The van der Waals surface area contributed by atoms with Gasteiger partial charge in [-0.3, -0.25) is 0 Å². The standard InChI is InChI=1S/C6H8F5O/c1-2-3-12-4-5(7,8)6(9,10)11/h1-4H2. The summed E-state index contributed by atoms with van der Waals surface area (Å²) < 4.78 is 62.3. The van der Waals surface area contributed by atoms with Crippen molar-refractivity contribution in [1.82, 2.24) is 0 Å². The van der Waals surface area contributed by atoms with Crippen LogP contribution in [-0.2, 0) is 4.74 Å². The lowest BCUT2D eigenvalue weighted by Gasteiger charge is -2.18. The fourth-order valence-corrected chi connectivity index (χ4v) is 0.384. The van der Waals surface area contributed by atoms with Crippen molar-refractivity contribution in [3.8, 4) is 0 Å². The first-order valence-corrected chi connectivity index (χ1v) is 3.13. The molecular formula is C6H8F5O. The Morgan fingerprint density at radius 3 is 1.92 bits per heavy atom. The zero-order valence-corrected chi connectivity index (χ0v) is 6.13. The lowest BCUT2D eigenvalue weighted by Crippen LogP contribution is -2.40. The van der Waals surface area contributed by atoms with Gasteiger partial charge >= 0.3 is 12.1 Å². The van der Waals surface area contributed by atoms with Crippen molar-refractivity contribution in [3.05, 3.63) is 6.92 Å². The smallest absolute Gasteiger partial charge is 0.375 e. The van der Waals surface area contributed by atoms with Gasteiger partial charge in [-0.15, -0.1) is 0 Å². The van der Waals surface area contributed by atoms with Gasteiger partial charge in [0.15, 0.2) is 0 Å². The molecule has 0 aliphatic rings. The molecule has 0 saturated heterocycles. The fraction of sp³-hybridized carbons (Fsp3) is 0.833. The molecule has 0 saturated carbocycles. The van der Waals surface area contributed by atoms with E-state index in [-0.39, 0.29) is 13.0 Å². The van der Waals surface area contributed by atoms with Gasteiger partial charge in [0, 0.05) is 6.61 Å². The summed E-state index contributed by atoms with van der Waals surface area (Å²) in [5.74, 6) is -4.76. The third kappa shape index (κ3) is 3.34. The second-order valence-electron chi connectivity index (χ2n) is 2.11. The molecule has 6 heteroatoms. The van der Waals surface area contributed by atoms with Crippen LogP contribution in [-0.4, -0.2) is 25.3 Å². The van der Waals surface area contributed by atoms with Gasteiger partial charge in [0.05, 0.1) is 0 Å². The van der Waals surface area contributed by atoms with Crippen LogP contribution in [0.3, 0.4) is 0 Å². The lowest BCUT2D eigenvalue weighted by atomic mass is 10.3. The van der Waals surface area contributed by atoms with Crippen LogP contribution in [0.25, 0.3) is 0 Å².